The molecule has 1 aromatic carbocycles. The van der Waals surface area contributed by atoms with Crippen LogP contribution in [0.3, 0.4) is 0 Å². The number of nitrogens with one attached hydrogen (secondary N) is 1. The number of carbonyl (C=O) groups excluding carboxylic acids is 1. The number of halogens is 2. The highest BCUT2D eigenvalue weighted by Crippen LogP contribution is 2.23. The highest BCUT2D eigenvalue weighted by Gasteiger charge is 2.27. The zero-order chi connectivity index (χ0) is 15.5. The van der Waals surface area contributed by atoms with Gasteiger partial charge in [-0.05, 0) is 24.3 Å². The van der Waals surface area contributed by atoms with Gasteiger partial charge < -0.3 is 4.90 Å². The van der Waals surface area contributed by atoms with Crippen molar-refractivity contribution in [2.75, 3.05) is 31.1 Å². The first-order valence-electron chi connectivity index (χ1n) is 7.11. The SMILES string of the molecule is O=C(c1cc(Cl)ccc1Cl)N1CCN(c2cccc[nH+]2)CC1. The first-order valence-corrected chi connectivity index (χ1v) is 7.87. The van der Waals surface area contributed by atoms with Gasteiger partial charge >= 0.3 is 0 Å². The van der Waals surface area contributed by atoms with E-state index in [0.717, 1.165) is 18.9 Å². The Morgan fingerprint density at radius 1 is 1.05 bits per heavy atom. The topological polar surface area (TPSA) is 37.7 Å². The lowest BCUT2D eigenvalue weighted by Crippen LogP contribution is -2.50. The van der Waals surface area contributed by atoms with Crippen LogP contribution in [0.5, 0.6) is 0 Å². The minimum absolute atomic E-state index is 0.0656. The van der Waals surface area contributed by atoms with Crippen molar-refractivity contribution in [3.05, 3.63) is 58.2 Å². The van der Waals surface area contributed by atoms with E-state index >= 15 is 0 Å². The summed E-state index contributed by atoms with van der Waals surface area (Å²) in [7, 11) is 0. The van der Waals surface area contributed by atoms with E-state index in [1.165, 1.54) is 0 Å². The fourth-order valence-electron chi connectivity index (χ4n) is 2.56. The van der Waals surface area contributed by atoms with E-state index < -0.39 is 0 Å². The van der Waals surface area contributed by atoms with Gasteiger partial charge in [0.2, 0.25) is 0 Å². The highest BCUT2D eigenvalue weighted by atomic mass is 35.5. The molecule has 6 heteroatoms. The first kappa shape index (κ1) is 15.1. The van der Waals surface area contributed by atoms with Crippen LogP contribution < -0.4 is 9.88 Å². The maximum absolute atomic E-state index is 12.6. The summed E-state index contributed by atoms with van der Waals surface area (Å²) < 4.78 is 0. The summed E-state index contributed by atoms with van der Waals surface area (Å²) >= 11 is 12.1. The number of hydrogen-bond acceptors (Lipinski definition) is 2. The predicted octanol–water partition coefficient (Wildman–Crippen LogP) is 2.77. The van der Waals surface area contributed by atoms with Crippen molar-refractivity contribution >= 4 is 34.9 Å². The minimum Gasteiger partial charge on any atom is -0.331 e. The van der Waals surface area contributed by atoms with Crippen LogP contribution in [0.1, 0.15) is 10.4 Å². The monoisotopic (exact) mass is 336 g/mol. The van der Waals surface area contributed by atoms with Crippen LogP contribution in [0.2, 0.25) is 10.0 Å². The Hall–Kier alpha value is -1.78. The number of carbonyl (C=O) groups is 1. The van der Waals surface area contributed by atoms with Crippen LogP contribution in [0.25, 0.3) is 0 Å². The normalized spacial score (nSPS) is 15.0. The lowest BCUT2D eigenvalue weighted by Gasteiger charge is -2.31. The fraction of sp³-hybridized carbons (Fsp3) is 0.250. The van der Waals surface area contributed by atoms with Gasteiger partial charge in [-0.2, -0.15) is 0 Å². The third-order valence-electron chi connectivity index (χ3n) is 3.76. The van der Waals surface area contributed by atoms with Gasteiger partial charge in [-0.15, -0.1) is 0 Å². The fourth-order valence-corrected chi connectivity index (χ4v) is 2.93. The number of anilines is 1. The second-order valence-electron chi connectivity index (χ2n) is 5.15. The van der Waals surface area contributed by atoms with Gasteiger partial charge in [-0.1, -0.05) is 29.3 Å². The van der Waals surface area contributed by atoms with Crippen LogP contribution in [0, 0.1) is 0 Å². The summed E-state index contributed by atoms with van der Waals surface area (Å²) in [5, 5.41) is 0.957. The molecule has 2 aromatic rings. The molecule has 1 aliphatic heterocycles. The largest absolute Gasteiger partial charge is 0.331 e. The number of H-pyrrole nitrogens is 1. The minimum atomic E-state index is -0.0656. The Balaban J connectivity index is 1.68. The van der Waals surface area contributed by atoms with Gasteiger partial charge in [0, 0.05) is 11.1 Å². The van der Waals surface area contributed by atoms with Crippen LogP contribution in [-0.2, 0) is 0 Å². The van der Waals surface area contributed by atoms with Crippen molar-refractivity contribution < 1.29 is 9.78 Å². The van der Waals surface area contributed by atoms with E-state index in [1.807, 2.05) is 29.3 Å². The molecule has 1 aromatic heterocycles. The number of rotatable bonds is 2. The molecular weight excluding hydrogens is 321 g/mol. The van der Waals surface area contributed by atoms with Gasteiger partial charge in [0.1, 0.15) is 13.1 Å². The van der Waals surface area contributed by atoms with Crippen molar-refractivity contribution in [3.8, 4) is 0 Å². The molecule has 0 spiro atoms. The molecule has 114 valence electrons. The van der Waals surface area contributed by atoms with Gasteiger partial charge in [0.05, 0.1) is 29.9 Å². The Morgan fingerprint density at radius 2 is 1.82 bits per heavy atom. The number of aromatic amines is 1. The van der Waals surface area contributed by atoms with Crippen molar-refractivity contribution in [2.24, 2.45) is 0 Å². The number of pyridine rings is 1. The molecule has 1 saturated heterocycles. The molecule has 0 radical (unpaired) electrons. The molecule has 1 amide bonds. The van der Waals surface area contributed by atoms with E-state index in [4.69, 9.17) is 23.2 Å². The quantitative estimate of drug-likeness (QED) is 0.845. The second kappa shape index (κ2) is 6.55. The number of amides is 1. The van der Waals surface area contributed by atoms with E-state index in [0.29, 0.717) is 28.7 Å². The molecule has 2 heterocycles. The van der Waals surface area contributed by atoms with Crippen molar-refractivity contribution in [3.63, 3.8) is 0 Å². The molecule has 1 fully saturated rings. The zero-order valence-electron chi connectivity index (χ0n) is 11.9. The molecule has 0 bridgehead atoms. The Labute approximate surface area is 139 Å². The van der Waals surface area contributed by atoms with E-state index in [9.17, 15) is 4.79 Å². The molecule has 1 aliphatic rings. The summed E-state index contributed by atoms with van der Waals surface area (Å²) in [6.45, 7) is 2.88. The Morgan fingerprint density at radius 3 is 2.50 bits per heavy atom. The summed E-state index contributed by atoms with van der Waals surface area (Å²) in [4.78, 5) is 19.8. The summed E-state index contributed by atoms with van der Waals surface area (Å²) in [6, 6.07) is 10.9. The summed E-state index contributed by atoms with van der Waals surface area (Å²) in [5.41, 5.74) is 0.467. The Kier molecular flexibility index (Phi) is 4.50. The van der Waals surface area contributed by atoms with Gasteiger partial charge in [0.15, 0.2) is 0 Å². The number of nitrogens with zero attached hydrogens (tertiary/aromatic N) is 2. The third kappa shape index (κ3) is 3.18. The number of hydrogen-bond donors (Lipinski definition) is 0. The average Bonchev–Trinajstić information content (AvgIpc) is 2.57. The molecule has 0 aliphatic carbocycles. The third-order valence-corrected chi connectivity index (χ3v) is 4.32. The van der Waals surface area contributed by atoms with E-state index in [2.05, 4.69) is 9.88 Å². The lowest BCUT2D eigenvalue weighted by molar-refractivity contribution is -0.364. The summed E-state index contributed by atoms with van der Waals surface area (Å²) in [6.07, 6.45) is 1.90. The smallest absolute Gasteiger partial charge is 0.274 e. The standard InChI is InChI=1S/C16H15Cl2N3O/c17-12-4-5-14(18)13(11-12)16(22)21-9-7-20(8-10-21)15-3-1-2-6-19-15/h1-6,11H,7-10H2/p+1. The van der Waals surface area contributed by atoms with Crippen LogP contribution in [0.4, 0.5) is 5.82 Å². The van der Waals surface area contributed by atoms with Crippen LogP contribution in [0.15, 0.2) is 42.6 Å². The maximum Gasteiger partial charge on any atom is 0.274 e. The maximum atomic E-state index is 12.6. The van der Waals surface area contributed by atoms with Gasteiger partial charge in [-0.25, -0.2) is 4.98 Å². The first-order chi connectivity index (χ1) is 10.6. The van der Waals surface area contributed by atoms with Gasteiger partial charge in [0.25, 0.3) is 11.7 Å². The molecule has 1 N–H and O–H groups in total. The van der Waals surface area contributed by atoms with E-state index in [-0.39, 0.29) is 5.91 Å². The van der Waals surface area contributed by atoms with E-state index in [1.54, 1.807) is 18.2 Å². The number of aromatic nitrogens is 1. The zero-order valence-corrected chi connectivity index (χ0v) is 13.4. The van der Waals surface area contributed by atoms with Crippen LogP contribution >= 0.6 is 23.2 Å². The van der Waals surface area contributed by atoms with Crippen molar-refractivity contribution in [1.82, 2.24) is 4.90 Å². The molecular formula is C16H16Cl2N3O+. The lowest BCUT2D eigenvalue weighted by atomic mass is 10.1. The van der Waals surface area contributed by atoms with Gasteiger partial charge in [-0.3, -0.25) is 9.69 Å². The molecule has 0 unspecified atom stereocenters. The predicted molar refractivity (Wildman–Crippen MR) is 87.6 cm³/mol. The number of piperazine rings is 1. The molecule has 4 nitrogen and oxygen atoms in total. The van der Waals surface area contributed by atoms with Crippen molar-refractivity contribution in [2.45, 2.75) is 0 Å². The average molecular weight is 337 g/mol. The molecule has 3 rings (SSSR count). The Bertz CT molecular complexity index is 670. The summed E-state index contributed by atoms with van der Waals surface area (Å²) in [5.74, 6) is 1.000. The molecule has 0 saturated carbocycles. The number of benzene rings is 1. The highest BCUT2D eigenvalue weighted by molar-refractivity contribution is 6.35. The molecule has 0 atom stereocenters. The van der Waals surface area contributed by atoms with Crippen molar-refractivity contribution in [1.29, 1.82) is 0 Å². The second-order valence-corrected chi connectivity index (χ2v) is 5.99. The molecule has 22 heavy (non-hydrogen) atoms. The van der Waals surface area contributed by atoms with Crippen LogP contribution in [-0.4, -0.2) is 37.0 Å².